The summed E-state index contributed by atoms with van der Waals surface area (Å²) in [7, 11) is 0. The van der Waals surface area contributed by atoms with Crippen LogP contribution in [-0.2, 0) is 9.53 Å². The highest BCUT2D eigenvalue weighted by Gasteiger charge is 2.14. The Morgan fingerprint density at radius 3 is 2.75 bits per heavy atom. The number of nitrogens with one attached hydrogen (secondary N) is 1. The van der Waals surface area contributed by atoms with Gasteiger partial charge in [0.15, 0.2) is 6.10 Å². The summed E-state index contributed by atoms with van der Waals surface area (Å²) in [6, 6.07) is 0. The molecule has 2 amide bonds. The fraction of sp³-hybridized carbons (Fsp3) is 0.429. The van der Waals surface area contributed by atoms with Crippen molar-refractivity contribution in [1.29, 1.82) is 0 Å². The third kappa shape index (κ3) is 4.32. The van der Waals surface area contributed by atoms with Crippen LogP contribution in [-0.4, -0.2) is 24.6 Å². The van der Waals surface area contributed by atoms with Crippen molar-refractivity contribution in [3.8, 4) is 0 Å². The molecule has 0 aromatic carbocycles. The van der Waals surface area contributed by atoms with E-state index in [2.05, 4.69) is 16.6 Å². The van der Waals surface area contributed by atoms with E-state index in [1.807, 2.05) is 0 Å². The van der Waals surface area contributed by atoms with Gasteiger partial charge in [-0.3, -0.25) is 4.79 Å². The van der Waals surface area contributed by atoms with E-state index in [1.165, 1.54) is 13.0 Å². The van der Waals surface area contributed by atoms with Gasteiger partial charge < -0.3 is 15.8 Å². The molecule has 1 unspecified atom stereocenters. The molecule has 1 atom stereocenters. The van der Waals surface area contributed by atoms with Crippen molar-refractivity contribution in [2.45, 2.75) is 13.0 Å². The molecule has 0 aliphatic carbocycles. The minimum atomic E-state index is -0.962. The molecule has 5 heteroatoms. The number of amides is 2. The van der Waals surface area contributed by atoms with Crippen LogP contribution in [0.3, 0.4) is 0 Å². The van der Waals surface area contributed by atoms with Gasteiger partial charge in [0.05, 0.1) is 0 Å². The Bertz CT molecular complexity index is 191. The predicted octanol–water partition coefficient (Wildman–Crippen LogP) is -0.228. The molecule has 0 radical (unpaired) electrons. The SMILES string of the molecule is C=CCNC(=O)C(C)OC(N)=O. The highest BCUT2D eigenvalue weighted by Crippen LogP contribution is 1.89. The minimum absolute atomic E-state index is 0.339. The van der Waals surface area contributed by atoms with Crippen molar-refractivity contribution in [2.24, 2.45) is 5.73 Å². The maximum absolute atomic E-state index is 10.9. The molecule has 0 saturated heterocycles. The average molecular weight is 172 g/mol. The molecule has 0 aromatic heterocycles. The van der Waals surface area contributed by atoms with E-state index in [0.29, 0.717) is 6.54 Å². The van der Waals surface area contributed by atoms with Gasteiger partial charge in [0.2, 0.25) is 0 Å². The molecule has 68 valence electrons. The van der Waals surface area contributed by atoms with Crippen LogP contribution < -0.4 is 11.1 Å². The number of hydrogen-bond acceptors (Lipinski definition) is 3. The molecule has 5 nitrogen and oxygen atoms in total. The number of nitrogens with two attached hydrogens (primary N) is 1. The first kappa shape index (κ1) is 10.5. The first-order valence-corrected chi connectivity index (χ1v) is 3.42. The van der Waals surface area contributed by atoms with Crippen LogP contribution in [0.25, 0.3) is 0 Å². The van der Waals surface area contributed by atoms with Crippen molar-refractivity contribution in [3.63, 3.8) is 0 Å². The maximum atomic E-state index is 10.9. The Hall–Kier alpha value is -1.52. The van der Waals surface area contributed by atoms with E-state index in [9.17, 15) is 9.59 Å². The number of carbonyl (C=O) groups is 2. The van der Waals surface area contributed by atoms with Crippen molar-refractivity contribution in [2.75, 3.05) is 6.54 Å². The van der Waals surface area contributed by atoms with E-state index in [4.69, 9.17) is 5.73 Å². The van der Waals surface area contributed by atoms with Crippen LogP contribution in [0.2, 0.25) is 0 Å². The van der Waals surface area contributed by atoms with E-state index in [1.54, 1.807) is 0 Å². The summed E-state index contributed by atoms with van der Waals surface area (Å²) >= 11 is 0. The quantitative estimate of drug-likeness (QED) is 0.575. The third-order valence-corrected chi connectivity index (χ3v) is 1.08. The number of carbonyl (C=O) groups excluding carboxylic acids is 2. The lowest BCUT2D eigenvalue weighted by Gasteiger charge is -2.09. The molecule has 0 spiro atoms. The largest absolute Gasteiger partial charge is 0.437 e. The average Bonchev–Trinajstić information content (AvgIpc) is 1.98. The van der Waals surface area contributed by atoms with Gasteiger partial charge in [0.25, 0.3) is 5.91 Å². The molecule has 12 heavy (non-hydrogen) atoms. The van der Waals surface area contributed by atoms with Crippen molar-refractivity contribution >= 4 is 12.0 Å². The van der Waals surface area contributed by atoms with Gasteiger partial charge in [-0.2, -0.15) is 0 Å². The molecule has 0 aromatic rings. The summed E-state index contributed by atoms with van der Waals surface area (Å²) in [6.07, 6.45) is -0.298. The molecular weight excluding hydrogens is 160 g/mol. The van der Waals surface area contributed by atoms with Gasteiger partial charge in [-0.15, -0.1) is 6.58 Å². The van der Waals surface area contributed by atoms with Crippen molar-refractivity contribution in [1.82, 2.24) is 5.32 Å². The van der Waals surface area contributed by atoms with Crippen LogP contribution in [0.5, 0.6) is 0 Å². The highest BCUT2D eigenvalue weighted by molar-refractivity contribution is 5.82. The van der Waals surface area contributed by atoms with Crippen LogP contribution >= 0.6 is 0 Å². The molecule has 3 N–H and O–H groups in total. The van der Waals surface area contributed by atoms with Crippen LogP contribution in [0.15, 0.2) is 12.7 Å². The number of primary amides is 1. The topological polar surface area (TPSA) is 81.4 Å². The standard InChI is InChI=1S/C7H12N2O3/c1-3-4-9-6(10)5(2)12-7(8)11/h3,5H,1,4H2,2H3,(H2,8,11)(H,9,10). The van der Waals surface area contributed by atoms with Crippen LogP contribution in [0, 0.1) is 0 Å². The molecule has 0 aliphatic rings. The molecule has 0 rings (SSSR count). The van der Waals surface area contributed by atoms with E-state index < -0.39 is 18.1 Å². The maximum Gasteiger partial charge on any atom is 0.405 e. The minimum Gasteiger partial charge on any atom is -0.437 e. The number of ether oxygens (including phenoxy) is 1. The van der Waals surface area contributed by atoms with Crippen molar-refractivity contribution < 1.29 is 14.3 Å². The molecule has 0 fully saturated rings. The molecule has 0 saturated carbocycles. The summed E-state index contributed by atoms with van der Waals surface area (Å²) in [4.78, 5) is 21.1. The molecule has 0 heterocycles. The van der Waals surface area contributed by atoms with E-state index >= 15 is 0 Å². The highest BCUT2D eigenvalue weighted by atomic mass is 16.6. The van der Waals surface area contributed by atoms with E-state index in [-0.39, 0.29) is 0 Å². The summed E-state index contributed by atoms with van der Waals surface area (Å²) in [6.45, 7) is 5.18. The smallest absolute Gasteiger partial charge is 0.405 e. The predicted molar refractivity (Wildman–Crippen MR) is 43.3 cm³/mol. The van der Waals surface area contributed by atoms with Gasteiger partial charge >= 0.3 is 6.09 Å². The molecular formula is C7H12N2O3. The Labute approximate surface area is 70.6 Å². The lowest BCUT2D eigenvalue weighted by atomic mass is 10.4. The second-order valence-electron chi connectivity index (χ2n) is 2.11. The summed E-state index contributed by atoms with van der Waals surface area (Å²) in [5.41, 5.74) is 4.70. The van der Waals surface area contributed by atoms with Gasteiger partial charge in [-0.05, 0) is 6.92 Å². The van der Waals surface area contributed by atoms with Gasteiger partial charge in [0.1, 0.15) is 0 Å². The van der Waals surface area contributed by atoms with Gasteiger partial charge in [0, 0.05) is 6.54 Å². The van der Waals surface area contributed by atoms with Crippen LogP contribution in [0.1, 0.15) is 6.92 Å². The second-order valence-corrected chi connectivity index (χ2v) is 2.11. The van der Waals surface area contributed by atoms with Crippen LogP contribution in [0.4, 0.5) is 4.79 Å². The van der Waals surface area contributed by atoms with Gasteiger partial charge in [-0.25, -0.2) is 4.79 Å². The first-order chi connectivity index (χ1) is 5.57. The number of rotatable bonds is 4. The zero-order chi connectivity index (χ0) is 9.56. The Morgan fingerprint density at radius 1 is 1.75 bits per heavy atom. The normalized spacial score (nSPS) is 11.4. The fourth-order valence-corrected chi connectivity index (χ4v) is 0.544. The molecule has 0 bridgehead atoms. The zero-order valence-corrected chi connectivity index (χ0v) is 6.87. The fourth-order valence-electron chi connectivity index (χ4n) is 0.544. The Morgan fingerprint density at radius 2 is 2.33 bits per heavy atom. The first-order valence-electron chi connectivity index (χ1n) is 3.42. The lowest BCUT2D eigenvalue weighted by Crippen LogP contribution is -2.36. The monoisotopic (exact) mass is 172 g/mol. The summed E-state index contributed by atoms with van der Waals surface area (Å²) in [5.74, 6) is -0.395. The third-order valence-electron chi connectivity index (χ3n) is 1.08. The van der Waals surface area contributed by atoms with E-state index in [0.717, 1.165) is 0 Å². The lowest BCUT2D eigenvalue weighted by molar-refractivity contribution is -0.128. The summed E-state index contributed by atoms with van der Waals surface area (Å²) in [5, 5.41) is 2.45. The Balaban J connectivity index is 3.76. The second kappa shape index (κ2) is 5.17. The van der Waals surface area contributed by atoms with Gasteiger partial charge in [-0.1, -0.05) is 6.08 Å². The Kier molecular flexibility index (Phi) is 4.52. The molecule has 0 aliphatic heterocycles. The van der Waals surface area contributed by atoms with Crippen molar-refractivity contribution in [3.05, 3.63) is 12.7 Å². The summed E-state index contributed by atoms with van der Waals surface area (Å²) < 4.78 is 4.40. The zero-order valence-electron chi connectivity index (χ0n) is 6.87. The number of hydrogen-bond donors (Lipinski definition) is 2.